The van der Waals surface area contributed by atoms with Crippen LogP contribution in [0.15, 0.2) is 48.5 Å². The Morgan fingerprint density at radius 3 is 2.33 bits per heavy atom. The van der Waals surface area contributed by atoms with Gasteiger partial charge in [0.15, 0.2) is 0 Å². The van der Waals surface area contributed by atoms with E-state index in [4.69, 9.17) is 16.3 Å². The second-order valence-corrected chi connectivity index (χ2v) is 10.8. The second kappa shape index (κ2) is 14.1. The molecule has 2 amide bonds. The Morgan fingerprint density at radius 1 is 1.08 bits per heavy atom. The summed E-state index contributed by atoms with van der Waals surface area (Å²) in [5.41, 5.74) is 1.23. The van der Waals surface area contributed by atoms with E-state index in [1.54, 1.807) is 43.3 Å². The normalized spacial score (nSPS) is 12.0. The van der Waals surface area contributed by atoms with Gasteiger partial charge in [0.25, 0.3) is 0 Å². The number of sulfonamides is 1. The first-order valence-electron chi connectivity index (χ1n) is 12.1. The molecule has 0 saturated heterocycles. The molecule has 0 heterocycles. The molecule has 0 aliphatic carbocycles. The van der Waals surface area contributed by atoms with E-state index < -0.39 is 16.1 Å². The van der Waals surface area contributed by atoms with Gasteiger partial charge in [0.1, 0.15) is 11.8 Å². The lowest BCUT2D eigenvalue weighted by Crippen LogP contribution is -2.47. The van der Waals surface area contributed by atoms with E-state index in [-0.39, 0.29) is 37.7 Å². The molecule has 0 unspecified atom stereocenters. The highest BCUT2D eigenvalue weighted by Gasteiger charge is 2.27. The van der Waals surface area contributed by atoms with Crippen LogP contribution in [0, 0.1) is 0 Å². The van der Waals surface area contributed by atoms with Crippen LogP contribution in [0.5, 0.6) is 5.75 Å². The summed E-state index contributed by atoms with van der Waals surface area (Å²) in [6.07, 6.45) is 2.26. The zero-order valence-corrected chi connectivity index (χ0v) is 22.9. The van der Waals surface area contributed by atoms with Crippen molar-refractivity contribution in [1.82, 2.24) is 10.2 Å². The molecule has 2 aromatic rings. The van der Waals surface area contributed by atoms with Gasteiger partial charge in [0, 0.05) is 31.1 Å². The lowest BCUT2D eigenvalue weighted by atomic mass is 10.1. The lowest BCUT2D eigenvalue weighted by molar-refractivity contribution is -0.140. The van der Waals surface area contributed by atoms with Crippen molar-refractivity contribution >= 4 is 39.1 Å². The first-order valence-corrected chi connectivity index (χ1v) is 14.3. The highest BCUT2D eigenvalue weighted by atomic mass is 35.5. The van der Waals surface area contributed by atoms with Crippen LogP contribution in [0.25, 0.3) is 0 Å². The fourth-order valence-corrected chi connectivity index (χ4v) is 4.83. The van der Waals surface area contributed by atoms with Gasteiger partial charge in [-0.25, -0.2) is 8.42 Å². The molecule has 0 aliphatic heterocycles. The number of hydrogen-bond donors (Lipinski definition) is 1. The number of hydrogen-bond acceptors (Lipinski definition) is 5. The van der Waals surface area contributed by atoms with E-state index in [1.807, 2.05) is 26.0 Å². The van der Waals surface area contributed by atoms with Crippen molar-refractivity contribution in [1.29, 1.82) is 0 Å². The number of benzene rings is 2. The lowest BCUT2D eigenvalue weighted by Gasteiger charge is -2.29. The summed E-state index contributed by atoms with van der Waals surface area (Å²) in [4.78, 5) is 27.4. The zero-order valence-electron chi connectivity index (χ0n) is 21.4. The third-order valence-electron chi connectivity index (χ3n) is 5.60. The highest BCUT2D eigenvalue weighted by Crippen LogP contribution is 2.23. The van der Waals surface area contributed by atoms with Crippen LogP contribution >= 0.6 is 11.6 Å². The summed E-state index contributed by atoms with van der Waals surface area (Å²) in [6.45, 7) is 6.83. The molecule has 0 bridgehead atoms. The van der Waals surface area contributed by atoms with Crippen LogP contribution in [0.1, 0.15) is 45.6 Å². The number of carbonyl (C=O) groups excluding carboxylic acids is 2. The van der Waals surface area contributed by atoms with Crippen LogP contribution in [-0.2, 0) is 26.2 Å². The quantitative estimate of drug-likeness (QED) is 0.389. The number of ether oxygens (including phenoxy) is 1. The predicted molar refractivity (Wildman–Crippen MR) is 144 cm³/mol. The maximum absolute atomic E-state index is 13.3. The molecular formula is C26H36ClN3O5S. The van der Waals surface area contributed by atoms with E-state index >= 15 is 0 Å². The summed E-state index contributed by atoms with van der Waals surface area (Å²) in [7, 11) is -3.57. The Balaban J connectivity index is 2.15. The molecule has 0 fully saturated rings. The van der Waals surface area contributed by atoms with Crippen molar-refractivity contribution in [3.05, 3.63) is 59.1 Å². The third kappa shape index (κ3) is 8.71. The standard InChI is InChI=1S/C26H36ClN3O5S/c1-5-17-28-26(32)20(3)29(19-21-10-7-8-11-24(21)27)25(31)12-9-18-30(36(4,33)34)22-13-15-23(16-14-22)35-6-2/h7-8,10-11,13-16,20H,5-6,9,12,17-19H2,1-4H3,(H,28,32)/t20-/m0/s1. The molecule has 1 atom stereocenters. The van der Waals surface area contributed by atoms with Gasteiger partial charge in [-0.1, -0.05) is 36.7 Å². The molecule has 1 N–H and O–H groups in total. The number of amides is 2. The van der Waals surface area contributed by atoms with Crippen molar-refractivity contribution in [3.8, 4) is 5.75 Å². The number of rotatable bonds is 14. The molecule has 0 radical (unpaired) electrons. The topological polar surface area (TPSA) is 96.0 Å². The minimum absolute atomic E-state index is 0.0684. The Morgan fingerprint density at radius 2 is 1.75 bits per heavy atom. The van der Waals surface area contributed by atoms with Gasteiger partial charge >= 0.3 is 0 Å². The maximum atomic E-state index is 13.3. The third-order valence-corrected chi connectivity index (χ3v) is 7.17. The van der Waals surface area contributed by atoms with Crippen molar-refractivity contribution in [2.24, 2.45) is 0 Å². The van der Waals surface area contributed by atoms with E-state index in [2.05, 4.69) is 5.32 Å². The van der Waals surface area contributed by atoms with E-state index in [1.165, 1.54) is 9.21 Å². The molecule has 10 heteroatoms. The predicted octanol–water partition coefficient (Wildman–Crippen LogP) is 4.23. The Bertz CT molecular complexity index is 1110. The van der Waals surface area contributed by atoms with Crippen molar-refractivity contribution in [2.75, 3.05) is 30.3 Å². The molecular weight excluding hydrogens is 502 g/mol. The molecule has 2 aromatic carbocycles. The van der Waals surface area contributed by atoms with Crippen molar-refractivity contribution < 1.29 is 22.7 Å². The SMILES string of the molecule is CCCNC(=O)[C@H](C)N(Cc1ccccc1Cl)C(=O)CCCN(c1ccc(OCC)cc1)S(C)(=O)=O. The first-order chi connectivity index (χ1) is 17.1. The van der Waals surface area contributed by atoms with Crippen LogP contribution in [0.4, 0.5) is 5.69 Å². The monoisotopic (exact) mass is 537 g/mol. The first kappa shape index (κ1) is 29.5. The second-order valence-electron chi connectivity index (χ2n) is 8.45. The molecule has 0 aromatic heterocycles. The molecule has 2 rings (SSSR count). The largest absolute Gasteiger partial charge is 0.494 e. The van der Waals surface area contributed by atoms with E-state index in [9.17, 15) is 18.0 Å². The fraction of sp³-hybridized carbons (Fsp3) is 0.462. The number of nitrogens with one attached hydrogen (secondary N) is 1. The molecule has 0 aliphatic rings. The van der Waals surface area contributed by atoms with Crippen molar-refractivity contribution in [3.63, 3.8) is 0 Å². The van der Waals surface area contributed by atoms with Gasteiger partial charge in [-0.2, -0.15) is 0 Å². The van der Waals surface area contributed by atoms with Crippen LogP contribution in [0.3, 0.4) is 0 Å². The average Bonchev–Trinajstić information content (AvgIpc) is 2.84. The van der Waals surface area contributed by atoms with E-state index in [0.29, 0.717) is 29.6 Å². The maximum Gasteiger partial charge on any atom is 0.242 e. The summed E-state index contributed by atoms with van der Waals surface area (Å²) in [5, 5.41) is 3.34. The van der Waals surface area contributed by atoms with Crippen LogP contribution < -0.4 is 14.4 Å². The van der Waals surface area contributed by atoms with Gasteiger partial charge in [0.05, 0.1) is 18.6 Å². The minimum Gasteiger partial charge on any atom is -0.494 e. The number of halogens is 1. The van der Waals surface area contributed by atoms with Gasteiger partial charge in [-0.05, 0) is 62.6 Å². The Hall–Kier alpha value is -2.78. The molecule has 0 spiro atoms. The summed E-state index contributed by atoms with van der Waals surface area (Å²) >= 11 is 6.31. The number of anilines is 1. The van der Waals surface area contributed by atoms with Gasteiger partial charge in [-0.15, -0.1) is 0 Å². The number of nitrogens with zero attached hydrogens (tertiary/aromatic N) is 2. The Kier molecular flexibility index (Phi) is 11.5. The average molecular weight is 538 g/mol. The van der Waals surface area contributed by atoms with Crippen molar-refractivity contribution in [2.45, 2.75) is 52.6 Å². The van der Waals surface area contributed by atoms with Gasteiger partial charge < -0.3 is 15.0 Å². The Labute approximate surface area is 219 Å². The molecule has 36 heavy (non-hydrogen) atoms. The zero-order chi connectivity index (χ0) is 26.7. The fourth-order valence-electron chi connectivity index (χ4n) is 3.67. The number of carbonyl (C=O) groups is 2. The molecule has 198 valence electrons. The summed E-state index contributed by atoms with van der Waals surface area (Å²) in [5.74, 6) is 0.147. The van der Waals surface area contributed by atoms with Crippen LogP contribution in [-0.4, -0.2) is 57.1 Å². The van der Waals surface area contributed by atoms with Crippen LogP contribution in [0.2, 0.25) is 5.02 Å². The van der Waals surface area contributed by atoms with Gasteiger partial charge in [0.2, 0.25) is 21.8 Å². The van der Waals surface area contributed by atoms with E-state index in [0.717, 1.165) is 18.2 Å². The molecule has 0 saturated carbocycles. The van der Waals surface area contributed by atoms with Gasteiger partial charge in [-0.3, -0.25) is 13.9 Å². The molecule has 8 nitrogen and oxygen atoms in total. The smallest absolute Gasteiger partial charge is 0.242 e. The highest BCUT2D eigenvalue weighted by molar-refractivity contribution is 7.92. The summed E-state index contributed by atoms with van der Waals surface area (Å²) < 4.78 is 31.6. The summed E-state index contributed by atoms with van der Waals surface area (Å²) in [6, 6.07) is 13.3. The minimum atomic E-state index is -3.57.